The van der Waals surface area contributed by atoms with Crippen LogP contribution in [0.25, 0.3) is 0 Å². The van der Waals surface area contributed by atoms with Crippen molar-refractivity contribution in [2.75, 3.05) is 0 Å². The molecule has 0 aromatic heterocycles. The second-order valence-electron chi connectivity index (χ2n) is 5.52. The van der Waals surface area contributed by atoms with Crippen molar-refractivity contribution >= 4 is 0 Å². The van der Waals surface area contributed by atoms with Crippen LogP contribution in [-0.4, -0.2) is 33.6 Å². The van der Waals surface area contributed by atoms with Crippen LogP contribution in [0.15, 0.2) is 0 Å². The molecule has 0 amide bonds. The highest BCUT2D eigenvalue weighted by atomic mass is 16.4. The van der Waals surface area contributed by atoms with Crippen molar-refractivity contribution in [1.29, 1.82) is 0 Å². The first-order valence-electron chi connectivity index (χ1n) is 5.90. The molecule has 4 unspecified atom stereocenters. The molecular formula is C12H24O3. The minimum atomic E-state index is -0.987. The molecule has 1 saturated carbocycles. The molecule has 15 heavy (non-hydrogen) atoms. The first-order chi connectivity index (χ1) is 6.86. The van der Waals surface area contributed by atoms with Gasteiger partial charge in [0.25, 0.3) is 0 Å². The normalized spacial score (nSPS) is 42.6. The fourth-order valence-electron chi connectivity index (χ4n) is 2.63. The lowest BCUT2D eigenvalue weighted by molar-refractivity contribution is -0.150. The fourth-order valence-corrected chi connectivity index (χ4v) is 2.63. The van der Waals surface area contributed by atoms with Crippen LogP contribution < -0.4 is 0 Å². The van der Waals surface area contributed by atoms with Crippen LogP contribution in [0, 0.1) is 23.7 Å². The van der Waals surface area contributed by atoms with Crippen LogP contribution in [0.2, 0.25) is 0 Å². The average molecular weight is 216 g/mol. The summed E-state index contributed by atoms with van der Waals surface area (Å²) in [5.74, 6) is 0.860. The summed E-state index contributed by atoms with van der Waals surface area (Å²) in [5.41, 5.74) is 0. The molecule has 1 fully saturated rings. The molecule has 0 spiro atoms. The number of hydrogen-bond acceptors (Lipinski definition) is 3. The molecule has 1 aliphatic rings. The summed E-state index contributed by atoms with van der Waals surface area (Å²) < 4.78 is 0. The summed E-state index contributed by atoms with van der Waals surface area (Å²) in [5, 5.41) is 29.5. The molecule has 1 aliphatic carbocycles. The van der Waals surface area contributed by atoms with Gasteiger partial charge < -0.3 is 15.3 Å². The second kappa shape index (κ2) is 4.81. The van der Waals surface area contributed by atoms with Gasteiger partial charge in [-0.1, -0.05) is 27.7 Å². The van der Waals surface area contributed by atoms with E-state index in [0.717, 1.165) is 6.42 Å². The maximum Gasteiger partial charge on any atom is 0.106 e. The van der Waals surface area contributed by atoms with Gasteiger partial charge >= 0.3 is 0 Å². The van der Waals surface area contributed by atoms with Gasteiger partial charge in [0.2, 0.25) is 0 Å². The van der Waals surface area contributed by atoms with Crippen LogP contribution >= 0.6 is 0 Å². The average Bonchev–Trinajstić information content (AvgIpc) is 2.13. The van der Waals surface area contributed by atoms with Gasteiger partial charge in [-0.2, -0.15) is 0 Å². The maximum absolute atomic E-state index is 9.87. The number of aliphatic hydroxyl groups is 3. The zero-order chi connectivity index (χ0) is 11.7. The number of rotatable bonds is 2. The van der Waals surface area contributed by atoms with Crippen molar-refractivity contribution in [1.82, 2.24) is 0 Å². The molecule has 90 valence electrons. The first-order valence-corrected chi connectivity index (χ1v) is 5.90. The molecular weight excluding hydrogens is 192 g/mol. The predicted octanol–water partition coefficient (Wildman–Crippen LogP) is 1.02. The molecule has 0 radical (unpaired) electrons. The smallest absolute Gasteiger partial charge is 0.106 e. The lowest BCUT2D eigenvalue weighted by Crippen LogP contribution is -2.53. The molecule has 0 bridgehead atoms. The van der Waals surface area contributed by atoms with E-state index in [1.54, 1.807) is 0 Å². The van der Waals surface area contributed by atoms with E-state index in [9.17, 15) is 15.3 Å². The van der Waals surface area contributed by atoms with E-state index in [1.807, 2.05) is 0 Å². The quantitative estimate of drug-likeness (QED) is 0.646. The third-order valence-corrected chi connectivity index (χ3v) is 3.83. The molecule has 3 N–H and O–H groups in total. The standard InChI is InChI=1S/C12H24O3/c1-6(2)8-5-9(7(3)4)11(14)12(15)10(8)13/h6-15H,5H2,1-4H3. The topological polar surface area (TPSA) is 60.7 Å². The Morgan fingerprint density at radius 2 is 1.07 bits per heavy atom. The molecule has 4 atom stereocenters. The minimum Gasteiger partial charge on any atom is -0.390 e. The molecule has 3 nitrogen and oxygen atoms in total. The Hall–Kier alpha value is -0.120. The van der Waals surface area contributed by atoms with Gasteiger partial charge in [-0.25, -0.2) is 0 Å². The van der Waals surface area contributed by atoms with E-state index in [4.69, 9.17) is 0 Å². The van der Waals surface area contributed by atoms with Crippen molar-refractivity contribution in [3.05, 3.63) is 0 Å². The zero-order valence-electron chi connectivity index (χ0n) is 10.1. The van der Waals surface area contributed by atoms with Crippen molar-refractivity contribution in [2.45, 2.75) is 52.4 Å². The van der Waals surface area contributed by atoms with E-state index in [0.29, 0.717) is 11.8 Å². The Morgan fingerprint density at radius 3 is 1.33 bits per heavy atom. The van der Waals surface area contributed by atoms with E-state index in [-0.39, 0.29) is 11.8 Å². The van der Waals surface area contributed by atoms with Crippen molar-refractivity contribution in [3.63, 3.8) is 0 Å². The Labute approximate surface area is 92.1 Å². The molecule has 0 saturated heterocycles. The van der Waals surface area contributed by atoms with Crippen LogP contribution in [0.5, 0.6) is 0 Å². The Balaban J connectivity index is 2.80. The monoisotopic (exact) mass is 216 g/mol. The van der Waals surface area contributed by atoms with Crippen molar-refractivity contribution < 1.29 is 15.3 Å². The predicted molar refractivity (Wildman–Crippen MR) is 59.3 cm³/mol. The summed E-state index contributed by atoms with van der Waals surface area (Å²) in [7, 11) is 0. The Kier molecular flexibility index (Phi) is 4.15. The van der Waals surface area contributed by atoms with Gasteiger partial charge in [-0.05, 0) is 30.1 Å². The third-order valence-electron chi connectivity index (χ3n) is 3.83. The summed E-state index contributed by atoms with van der Waals surface area (Å²) in [6.07, 6.45) is -1.75. The zero-order valence-corrected chi connectivity index (χ0v) is 10.1. The van der Waals surface area contributed by atoms with Gasteiger partial charge in [-0.15, -0.1) is 0 Å². The van der Waals surface area contributed by atoms with E-state index in [1.165, 1.54) is 0 Å². The first kappa shape index (κ1) is 12.9. The van der Waals surface area contributed by atoms with Gasteiger partial charge in [-0.3, -0.25) is 0 Å². The van der Waals surface area contributed by atoms with Gasteiger partial charge in [0.05, 0.1) is 12.2 Å². The highest BCUT2D eigenvalue weighted by Crippen LogP contribution is 2.37. The molecule has 0 aromatic rings. The second-order valence-corrected chi connectivity index (χ2v) is 5.52. The van der Waals surface area contributed by atoms with Gasteiger partial charge in [0.1, 0.15) is 6.10 Å². The number of hydrogen-bond donors (Lipinski definition) is 3. The van der Waals surface area contributed by atoms with E-state index >= 15 is 0 Å². The van der Waals surface area contributed by atoms with Crippen LogP contribution in [0.1, 0.15) is 34.1 Å². The van der Waals surface area contributed by atoms with E-state index in [2.05, 4.69) is 27.7 Å². The summed E-state index contributed by atoms with van der Waals surface area (Å²) >= 11 is 0. The molecule has 1 rings (SSSR count). The molecule has 3 heteroatoms. The molecule has 0 aromatic carbocycles. The van der Waals surface area contributed by atoms with Gasteiger partial charge in [0, 0.05) is 0 Å². The Bertz CT molecular complexity index is 183. The highest BCUT2D eigenvalue weighted by molar-refractivity contribution is 4.94. The summed E-state index contributed by atoms with van der Waals surface area (Å²) in [6.45, 7) is 8.21. The number of aliphatic hydroxyl groups excluding tert-OH is 3. The van der Waals surface area contributed by atoms with Gasteiger partial charge in [0.15, 0.2) is 0 Å². The fraction of sp³-hybridized carbons (Fsp3) is 1.00. The summed E-state index contributed by atoms with van der Waals surface area (Å²) in [6, 6.07) is 0. The minimum absolute atomic E-state index is 0.0933. The lowest BCUT2D eigenvalue weighted by Gasteiger charge is -2.43. The van der Waals surface area contributed by atoms with Crippen molar-refractivity contribution in [3.8, 4) is 0 Å². The largest absolute Gasteiger partial charge is 0.390 e. The summed E-state index contributed by atoms with van der Waals surface area (Å²) in [4.78, 5) is 0. The highest BCUT2D eigenvalue weighted by Gasteiger charge is 2.44. The Morgan fingerprint density at radius 1 is 0.733 bits per heavy atom. The van der Waals surface area contributed by atoms with Crippen molar-refractivity contribution in [2.24, 2.45) is 23.7 Å². The lowest BCUT2D eigenvalue weighted by atomic mass is 9.68. The van der Waals surface area contributed by atoms with Crippen LogP contribution in [0.4, 0.5) is 0 Å². The van der Waals surface area contributed by atoms with Crippen LogP contribution in [-0.2, 0) is 0 Å². The third kappa shape index (κ3) is 2.52. The SMILES string of the molecule is CC(C)C1CC(C(C)C)C(O)C(O)C1O. The van der Waals surface area contributed by atoms with Crippen LogP contribution in [0.3, 0.4) is 0 Å². The maximum atomic E-state index is 9.87. The molecule has 0 aliphatic heterocycles. The van der Waals surface area contributed by atoms with E-state index < -0.39 is 18.3 Å². The molecule has 0 heterocycles.